The van der Waals surface area contributed by atoms with Gasteiger partial charge in [-0.05, 0) is 32.1 Å². The number of nitrogens with two attached hydrogens (primary N) is 1. The van der Waals surface area contributed by atoms with Gasteiger partial charge in [-0.2, -0.15) is 0 Å². The Morgan fingerprint density at radius 1 is 1.42 bits per heavy atom. The smallest absolute Gasteiger partial charge is 0.292 e. The third-order valence-corrected chi connectivity index (χ3v) is 2.38. The van der Waals surface area contributed by atoms with Crippen LogP contribution >= 0.6 is 12.4 Å². The van der Waals surface area contributed by atoms with Crippen LogP contribution in [0, 0.1) is 10.1 Å². The van der Waals surface area contributed by atoms with E-state index < -0.39 is 4.92 Å². The molecule has 0 heterocycles. The quantitative estimate of drug-likeness (QED) is 0.312. The fraction of sp³-hybridized carbons (Fsp3) is 0.364. The van der Waals surface area contributed by atoms with Gasteiger partial charge >= 0.3 is 0 Å². The summed E-state index contributed by atoms with van der Waals surface area (Å²) in [6.45, 7) is 1.31. The van der Waals surface area contributed by atoms with E-state index in [0.29, 0.717) is 6.54 Å². The molecule has 0 aromatic heterocycles. The Morgan fingerprint density at radius 3 is 2.68 bits per heavy atom. The number of nitrogen functional groups attached to an aromatic ring is 1. The fourth-order valence-corrected chi connectivity index (χ4v) is 1.41. The Morgan fingerprint density at radius 2 is 2.11 bits per heavy atom. The van der Waals surface area contributed by atoms with Gasteiger partial charge < -0.3 is 16.4 Å². The van der Waals surface area contributed by atoms with E-state index in [9.17, 15) is 14.9 Å². The number of rotatable bonds is 6. The minimum Gasteiger partial charge on any atom is -0.393 e. The third-order valence-electron chi connectivity index (χ3n) is 2.38. The van der Waals surface area contributed by atoms with Gasteiger partial charge in [0.05, 0.1) is 4.92 Å². The maximum atomic E-state index is 11.7. The minimum absolute atomic E-state index is 0. The molecule has 0 aliphatic carbocycles. The number of carbonyl (C=O) groups excluding carboxylic acids is 1. The molecule has 7 nitrogen and oxygen atoms in total. The first-order valence-electron chi connectivity index (χ1n) is 5.53. The van der Waals surface area contributed by atoms with Gasteiger partial charge in [-0.15, -0.1) is 12.4 Å². The Balaban J connectivity index is 0.00000324. The zero-order valence-corrected chi connectivity index (χ0v) is 11.3. The summed E-state index contributed by atoms with van der Waals surface area (Å²) in [6.07, 6.45) is 0.791. The number of nitrogens with zero attached hydrogens (tertiary/aromatic N) is 1. The van der Waals surface area contributed by atoms with E-state index in [1.165, 1.54) is 18.2 Å². The van der Waals surface area contributed by atoms with Crippen molar-refractivity contribution in [2.75, 3.05) is 25.9 Å². The van der Waals surface area contributed by atoms with Crippen LogP contribution < -0.4 is 16.4 Å². The summed E-state index contributed by atoms with van der Waals surface area (Å²) in [5.41, 5.74) is 5.48. The molecule has 1 rings (SSSR count). The highest BCUT2D eigenvalue weighted by Gasteiger charge is 2.15. The largest absolute Gasteiger partial charge is 0.393 e. The van der Waals surface area contributed by atoms with Crippen LogP contribution in [0.5, 0.6) is 0 Å². The molecule has 106 valence electrons. The van der Waals surface area contributed by atoms with Crippen LogP contribution in [-0.4, -0.2) is 31.0 Å². The molecule has 0 unspecified atom stereocenters. The number of hydrogen-bond donors (Lipinski definition) is 3. The number of nitro groups is 1. The summed E-state index contributed by atoms with van der Waals surface area (Å²) in [7, 11) is 1.82. The second-order valence-electron chi connectivity index (χ2n) is 3.74. The third kappa shape index (κ3) is 5.11. The summed E-state index contributed by atoms with van der Waals surface area (Å²) < 4.78 is 0. The van der Waals surface area contributed by atoms with Crippen molar-refractivity contribution < 1.29 is 9.72 Å². The molecule has 0 saturated heterocycles. The first kappa shape index (κ1) is 17.1. The predicted octanol–water partition coefficient (Wildman–Crippen LogP) is 0.938. The number of anilines is 1. The summed E-state index contributed by atoms with van der Waals surface area (Å²) in [6, 6.07) is 4.01. The van der Waals surface area contributed by atoms with Gasteiger partial charge in [0.1, 0.15) is 5.69 Å². The van der Waals surface area contributed by atoms with Gasteiger partial charge in [0.15, 0.2) is 0 Å². The van der Waals surface area contributed by atoms with Crippen molar-refractivity contribution in [1.29, 1.82) is 0 Å². The Kier molecular flexibility index (Phi) is 7.47. The Hall–Kier alpha value is -1.86. The maximum absolute atomic E-state index is 11.7. The average molecular weight is 289 g/mol. The predicted molar refractivity (Wildman–Crippen MR) is 75.6 cm³/mol. The van der Waals surface area contributed by atoms with Gasteiger partial charge in [0.25, 0.3) is 11.6 Å². The Labute approximate surface area is 117 Å². The molecule has 0 spiro atoms. The van der Waals surface area contributed by atoms with Crippen LogP contribution in [0.2, 0.25) is 0 Å². The number of amides is 1. The molecule has 1 aromatic rings. The molecule has 0 saturated carbocycles. The van der Waals surface area contributed by atoms with E-state index in [2.05, 4.69) is 10.6 Å². The molecule has 0 bridgehead atoms. The molecule has 0 atom stereocenters. The lowest BCUT2D eigenvalue weighted by atomic mass is 10.1. The number of hydrogen-bond acceptors (Lipinski definition) is 5. The normalized spacial score (nSPS) is 9.53. The fourth-order valence-electron chi connectivity index (χ4n) is 1.41. The zero-order chi connectivity index (χ0) is 13.5. The van der Waals surface area contributed by atoms with Crippen LogP contribution in [0.3, 0.4) is 0 Å². The van der Waals surface area contributed by atoms with Crippen molar-refractivity contribution in [3.05, 3.63) is 33.9 Å². The number of nitrogens with one attached hydrogen (secondary N) is 2. The van der Waals surface area contributed by atoms with Gasteiger partial charge in [0.2, 0.25) is 0 Å². The summed E-state index contributed by atoms with van der Waals surface area (Å²) >= 11 is 0. The summed E-state index contributed by atoms with van der Waals surface area (Å²) in [4.78, 5) is 21.8. The lowest BCUT2D eigenvalue weighted by Crippen LogP contribution is -2.26. The van der Waals surface area contributed by atoms with Crippen LogP contribution in [0.1, 0.15) is 16.8 Å². The van der Waals surface area contributed by atoms with Crippen molar-refractivity contribution in [3.63, 3.8) is 0 Å². The molecule has 0 fully saturated rings. The number of halogens is 1. The van der Waals surface area contributed by atoms with Gasteiger partial charge in [-0.1, -0.05) is 0 Å². The van der Waals surface area contributed by atoms with Crippen molar-refractivity contribution in [2.45, 2.75) is 6.42 Å². The standard InChI is InChI=1S/C11H16N4O3.ClH/c1-13-5-2-6-14-11(16)8-3-4-9(12)10(7-8)15(17)18;/h3-4,7,13H,2,5-6,12H2,1H3,(H,14,16);1H. The van der Waals surface area contributed by atoms with Crippen LogP contribution in [0.4, 0.5) is 11.4 Å². The zero-order valence-electron chi connectivity index (χ0n) is 10.5. The molecule has 4 N–H and O–H groups in total. The summed E-state index contributed by atoms with van der Waals surface area (Å²) in [5, 5.41) is 16.3. The van der Waals surface area contributed by atoms with E-state index >= 15 is 0 Å². The van der Waals surface area contributed by atoms with Crippen molar-refractivity contribution in [3.8, 4) is 0 Å². The second kappa shape index (κ2) is 8.28. The first-order valence-corrected chi connectivity index (χ1v) is 5.53. The molecular formula is C11H17ClN4O3. The lowest BCUT2D eigenvalue weighted by Gasteiger charge is -2.05. The van der Waals surface area contributed by atoms with Crippen molar-refractivity contribution in [2.24, 2.45) is 0 Å². The van der Waals surface area contributed by atoms with E-state index in [0.717, 1.165) is 13.0 Å². The van der Waals surface area contributed by atoms with Gasteiger partial charge in [0, 0.05) is 18.2 Å². The second-order valence-corrected chi connectivity index (χ2v) is 3.74. The molecule has 0 aliphatic heterocycles. The maximum Gasteiger partial charge on any atom is 0.292 e. The molecule has 19 heavy (non-hydrogen) atoms. The number of carbonyl (C=O) groups is 1. The molecule has 0 radical (unpaired) electrons. The number of benzene rings is 1. The molecule has 0 aliphatic rings. The van der Waals surface area contributed by atoms with E-state index in [1.54, 1.807) is 0 Å². The molecule has 8 heteroatoms. The Bertz CT molecular complexity index is 454. The van der Waals surface area contributed by atoms with Gasteiger partial charge in [-0.25, -0.2) is 0 Å². The van der Waals surface area contributed by atoms with Crippen molar-refractivity contribution >= 4 is 29.7 Å². The monoisotopic (exact) mass is 288 g/mol. The molecule has 1 aromatic carbocycles. The highest BCUT2D eigenvalue weighted by atomic mass is 35.5. The van der Waals surface area contributed by atoms with Gasteiger partial charge in [-0.3, -0.25) is 14.9 Å². The van der Waals surface area contributed by atoms with Crippen molar-refractivity contribution in [1.82, 2.24) is 10.6 Å². The van der Waals surface area contributed by atoms with Crippen LogP contribution in [0.25, 0.3) is 0 Å². The topological polar surface area (TPSA) is 110 Å². The molecule has 1 amide bonds. The van der Waals surface area contributed by atoms with Crippen LogP contribution in [-0.2, 0) is 0 Å². The molecular weight excluding hydrogens is 272 g/mol. The minimum atomic E-state index is -0.604. The SMILES string of the molecule is CNCCCNC(=O)c1ccc(N)c([N+](=O)[O-])c1.Cl. The van der Waals surface area contributed by atoms with E-state index in [1.807, 2.05) is 7.05 Å². The first-order chi connectivity index (χ1) is 8.56. The lowest BCUT2D eigenvalue weighted by molar-refractivity contribution is -0.383. The average Bonchev–Trinajstić information content (AvgIpc) is 2.34. The number of nitro benzene ring substituents is 1. The van der Waals surface area contributed by atoms with E-state index in [4.69, 9.17) is 5.73 Å². The highest BCUT2D eigenvalue weighted by Crippen LogP contribution is 2.22. The van der Waals surface area contributed by atoms with E-state index in [-0.39, 0.29) is 35.3 Å². The summed E-state index contributed by atoms with van der Waals surface area (Å²) in [5.74, 6) is -0.339. The van der Waals surface area contributed by atoms with Crippen LogP contribution in [0.15, 0.2) is 18.2 Å². The highest BCUT2D eigenvalue weighted by molar-refractivity contribution is 5.95.